The third kappa shape index (κ3) is 9.66. The third-order valence-electron chi connectivity index (χ3n) is 21.1. The van der Waals surface area contributed by atoms with Gasteiger partial charge >= 0.3 is 0 Å². The Labute approximate surface area is 448 Å². The average molecular weight is 1110 g/mol. The van der Waals surface area contributed by atoms with Crippen molar-refractivity contribution in [3.05, 3.63) is 23.3 Å². The van der Waals surface area contributed by atoms with E-state index < -0.39 is 182 Å². The minimum Gasteiger partial charge on any atom is -0.396 e. The monoisotopic (exact) mass is 1100 g/mol. The number of rotatable bonds is 13. The van der Waals surface area contributed by atoms with Crippen LogP contribution in [0.1, 0.15) is 99.8 Å². The van der Waals surface area contributed by atoms with E-state index in [1.165, 1.54) is 6.92 Å². The van der Waals surface area contributed by atoms with Gasteiger partial charge in [-0.25, -0.2) is 0 Å². The molecule has 0 aromatic rings. The summed E-state index contributed by atoms with van der Waals surface area (Å²) in [5.74, 6) is -0.236. The highest BCUT2D eigenvalue weighted by Crippen LogP contribution is 2.74. The fourth-order valence-corrected chi connectivity index (χ4v) is 16.0. The van der Waals surface area contributed by atoms with Gasteiger partial charge in [0.25, 0.3) is 0 Å². The Kier molecular flexibility index (Phi) is 17.2. The number of hydrogen-bond donors (Lipinski definition) is 15. The molecule has 4 heterocycles. The van der Waals surface area contributed by atoms with Gasteiger partial charge in [0.15, 0.2) is 25.2 Å². The van der Waals surface area contributed by atoms with E-state index in [0.29, 0.717) is 44.9 Å². The first kappa shape index (κ1) is 60.2. The van der Waals surface area contributed by atoms with Crippen molar-refractivity contribution in [3.63, 3.8) is 0 Å². The molecule has 4 saturated heterocycles. The van der Waals surface area contributed by atoms with Gasteiger partial charge in [0.05, 0.1) is 51.3 Å². The smallest absolute Gasteiger partial charge is 0.187 e. The molecule has 0 aromatic heterocycles. The maximum atomic E-state index is 12.1. The molecule has 0 unspecified atom stereocenters. The molecule has 442 valence electrons. The molecule has 77 heavy (non-hydrogen) atoms. The molecule has 0 aromatic carbocycles. The second kappa shape index (κ2) is 22.0. The zero-order valence-corrected chi connectivity index (χ0v) is 45.2. The summed E-state index contributed by atoms with van der Waals surface area (Å²) in [6.07, 6.45) is -24.5. The van der Waals surface area contributed by atoms with Crippen LogP contribution in [0, 0.1) is 44.3 Å². The van der Waals surface area contributed by atoms with E-state index in [2.05, 4.69) is 46.8 Å². The van der Waals surface area contributed by atoms with E-state index in [1.54, 1.807) is 0 Å². The molecule has 23 nitrogen and oxygen atoms in total. The standard InChI is InChI=1S/C54H88O23/c1-23-33(60)43(76-48-44(39(66)36(63)28(20-57)73-48)77-46-41(68)38(65)35(62)27(19-56)72-46)42(69)47(70-23)74-31-11-12-50(4)29(51(31,5)21-58)10-13-52(6)30(50)9-8-24-25-16-49(2,3)14-15-54(25,22-59)32(17-53(24,52)7)75-45-40(67)37(64)34(61)26(18-55)71-45/h8-9,23,26-48,55-69H,10-22H2,1-7H3/t23-,26-,27-,28-,29-,30-,31+,32+,33+,34-,35-,36-,37+,38+,39+,40-,41-,42-,43+,44-,45+,46+,47+,48+,50+,51+,52-,53-,54-/m1/s1. The molecule has 0 bridgehead atoms. The lowest BCUT2D eigenvalue weighted by Gasteiger charge is -2.70. The molecule has 0 amide bonds. The van der Waals surface area contributed by atoms with Crippen molar-refractivity contribution in [1.29, 1.82) is 0 Å². The van der Waals surface area contributed by atoms with E-state index in [9.17, 15) is 76.6 Å². The van der Waals surface area contributed by atoms with Gasteiger partial charge in [0.2, 0.25) is 0 Å². The summed E-state index contributed by atoms with van der Waals surface area (Å²) in [6, 6.07) is 0. The van der Waals surface area contributed by atoms with E-state index in [1.807, 2.05) is 6.92 Å². The van der Waals surface area contributed by atoms with Crippen LogP contribution in [0.5, 0.6) is 0 Å². The summed E-state index contributed by atoms with van der Waals surface area (Å²) in [5.41, 5.74) is -1.15. The topological polar surface area (TPSA) is 377 Å². The van der Waals surface area contributed by atoms with Gasteiger partial charge in [-0.15, -0.1) is 0 Å². The highest BCUT2D eigenvalue weighted by Gasteiger charge is 2.70. The Morgan fingerprint density at radius 2 is 1.05 bits per heavy atom. The van der Waals surface area contributed by atoms with Gasteiger partial charge in [-0.3, -0.25) is 0 Å². The molecular formula is C54H88O23. The summed E-state index contributed by atoms with van der Waals surface area (Å²) in [5, 5.41) is 163. The van der Waals surface area contributed by atoms with Crippen LogP contribution < -0.4 is 0 Å². The van der Waals surface area contributed by atoms with E-state index in [-0.39, 0.29) is 30.5 Å². The molecule has 9 rings (SSSR count). The van der Waals surface area contributed by atoms with Gasteiger partial charge in [-0.1, -0.05) is 59.3 Å². The lowest BCUT2D eigenvalue weighted by atomic mass is 9.35. The lowest BCUT2D eigenvalue weighted by Crippen LogP contribution is -2.68. The molecular weight excluding hydrogens is 1020 g/mol. The van der Waals surface area contributed by atoms with E-state index in [4.69, 9.17) is 37.9 Å². The Morgan fingerprint density at radius 1 is 0.519 bits per heavy atom. The maximum Gasteiger partial charge on any atom is 0.187 e. The Bertz CT molecular complexity index is 2130. The van der Waals surface area contributed by atoms with Crippen molar-refractivity contribution in [3.8, 4) is 0 Å². The van der Waals surface area contributed by atoms with Crippen LogP contribution in [-0.4, -0.2) is 245 Å². The number of allylic oxidation sites excluding steroid dienone is 3. The lowest BCUT2D eigenvalue weighted by molar-refractivity contribution is -0.391. The second-order valence-electron chi connectivity index (χ2n) is 25.9. The minimum atomic E-state index is -1.93. The molecule has 9 aliphatic rings. The quantitative estimate of drug-likeness (QED) is 0.0836. The van der Waals surface area contributed by atoms with Crippen molar-refractivity contribution in [2.24, 2.45) is 44.3 Å². The van der Waals surface area contributed by atoms with Crippen molar-refractivity contribution < 1.29 is 114 Å². The third-order valence-corrected chi connectivity index (χ3v) is 21.1. The van der Waals surface area contributed by atoms with Crippen LogP contribution in [0.2, 0.25) is 0 Å². The first-order valence-electron chi connectivity index (χ1n) is 27.7. The average Bonchev–Trinajstić information content (AvgIpc) is 3.40. The molecule has 7 fully saturated rings. The summed E-state index contributed by atoms with van der Waals surface area (Å²) in [7, 11) is 0. The normalized spacial score (nSPS) is 54.7. The predicted octanol–water partition coefficient (Wildman–Crippen LogP) is -2.67. The van der Waals surface area contributed by atoms with Crippen LogP contribution in [0.4, 0.5) is 0 Å². The van der Waals surface area contributed by atoms with Gasteiger partial charge in [-0.05, 0) is 91.9 Å². The number of aliphatic hydroxyl groups is 15. The molecule has 29 atom stereocenters. The Morgan fingerprint density at radius 3 is 1.62 bits per heavy atom. The van der Waals surface area contributed by atoms with Crippen LogP contribution in [0.25, 0.3) is 0 Å². The first-order chi connectivity index (χ1) is 36.1. The van der Waals surface area contributed by atoms with Crippen LogP contribution in [0.3, 0.4) is 0 Å². The van der Waals surface area contributed by atoms with Crippen LogP contribution >= 0.6 is 0 Å². The first-order valence-corrected chi connectivity index (χ1v) is 27.7. The number of aliphatic hydroxyl groups excluding tert-OH is 15. The van der Waals surface area contributed by atoms with Crippen molar-refractivity contribution in [2.75, 3.05) is 33.0 Å². The highest BCUT2D eigenvalue weighted by molar-refractivity contribution is 5.47. The predicted molar refractivity (Wildman–Crippen MR) is 264 cm³/mol. The maximum absolute atomic E-state index is 12.1. The molecule has 0 spiro atoms. The van der Waals surface area contributed by atoms with Crippen molar-refractivity contribution >= 4 is 0 Å². The highest BCUT2D eigenvalue weighted by atomic mass is 16.8. The SMILES string of the molecule is C[C@H]1O[C@@H](O[C@H]2CC[C@@]3(C)[C@@H](CC[C@]4(C)[C@@H]3C=CC3=C5CC(C)(C)CC[C@]5(CO)[C@@H](O[C@@H]5O[C@H](CO)[C@@H](O)[C@H](O)[C@H]5O)C[C@]34C)[C@]2(C)CO)[C@H](O)[C@@H](O[C@@H]2O[C@H](CO)[C@@H](O)[C@H](O)[C@H]2O[C@@H]2O[C@H](CO)[C@@H](O)[C@H](O)[C@H]2O)[C@H]1O. The fraction of sp³-hybridized carbons (Fsp3) is 0.926. The van der Waals surface area contributed by atoms with Crippen molar-refractivity contribution in [2.45, 2.75) is 235 Å². The molecule has 23 heteroatoms. The van der Waals surface area contributed by atoms with E-state index >= 15 is 0 Å². The summed E-state index contributed by atoms with van der Waals surface area (Å²) >= 11 is 0. The Balaban J connectivity index is 0.975. The minimum absolute atomic E-state index is 0.0733. The Hall–Kier alpha value is -1.44. The molecule has 4 aliphatic heterocycles. The number of ether oxygens (including phenoxy) is 8. The second-order valence-corrected chi connectivity index (χ2v) is 25.9. The summed E-state index contributed by atoms with van der Waals surface area (Å²) in [6.45, 7) is 12.0. The van der Waals surface area contributed by atoms with Gasteiger partial charge < -0.3 is 114 Å². The zero-order valence-electron chi connectivity index (χ0n) is 45.2. The number of hydrogen-bond acceptors (Lipinski definition) is 23. The van der Waals surface area contributed by atoms with Crippen molar-refractivity contribution in [1.82, 2.24) is 0 Å². The van der Waals surface area contributed by atoms with E-state index in [0.717, 1.165) is 17.6 Å². The molecule has 15 N–H and O–H groups in total. The fourth-order valence-electron chi connectivity index (χ4n) is 16.0. The largest absolute Gasteiger partial charge is 0.396 e. The molecule has 3 saturated carbocycles. The van der Waals surface area contributed by atoms with Crippen LogP contribution in [-0.2, 0) is 37.9 Å². The summed E-state index contributed by atoms with van der Waals surface area (Å²) < 4.78 is 49.0. The number of fused-ring (bicyclic) bond motifs is 6. The van der Waals surface area contributed by atoms with Gasteiger partial charge in [-0.2, -0.15) is 0 Å². The zero-order chi connectivity index (χ0) is 56.3. The molecule has 0 radical (unpaired) electrons. The van der Waals surface area contributed by atoms with Gasteiger partial charge in [0, 0.05) is 16.2 Å². The summed E-state index contributed by atoms with van der Waals surface area (Å²) in [4.78, 5) is 0. The van der Waals surface area contributed by atoms with Crippen LogP contribution in [0.15, 0.2) is 23.3 Å². The van der Waals surface area contributed by atoms with Gasteiger partial charge in [0.1, 0.15) is 91.6 Å². The molecule has 5 aliphatic carbocycles.